The SMILES string of the molecule is COc1ccc(CN2CCCC(N(C)C)C2)cc1C(=N)N. The molecule has 0 radical (unpaired) electrons. The minimum atomic E-state index is 0.0542. The first-order valence-corrected chi connectivity index (χ1v) is 7.41. The molecule has 1 heterocycles. The van der Waals surface area contributed by atoms with E-state index in [9.17, 15) is 0 Å². The highest BCUT2D eigenvalue weighted by Gasteiger charge is 2.21. The molecule has 1 fully saturated rings. The van der Waals surface area contributed by atoms with Crippen molar-refractivity contribution in [3.8, 4) is 5.75 Å². The van der Waals surface area contributed by atoms with Crippen molar-refractivity contribution in [2.75, 3.05) is 34.3 Å². The van der Waals surface area contributed by atoms with Crippen molar-refractivity contribution in [1.29, 1.82) is 5.41 Å². The van der Waals surface area contributed by atoms with Gasteiger partial charge in [0.25, 0.3) is 0 Å². The molecule has 1 unspecified atom stereocenters. The summed E-state index contributed by atoms with van der Waals surface area (Å²) in [6.07, 6.45) is 2.50. The average molecular weight is 290 g/mol. The number of nitrogens with one attached hydrogen (secondary N) is 1. The molecular weight excluding hydrogens is 264 g/mol. The van der Waals surface area contributed by atoms with Gasteiger partial charge in [-0.2, -0.15) is 0 Å². The zero-order valence-corrected chi connectivity index (χ0v) is 13.2. The van der Waals surface area contributed by atoms with Gasteiger partial charge in [-0.3, -0.25) is 10.3 Å². The van der Waals surface area contributed by atoms with Gasteiger partial charge in [-0.1, -0.05) is 6.07 Å². The molecule has 0 aromatic heterocycles. The lowest BCUT2D eigenvalue weighted by atomic mass is 10.0. The maximum atomic E-state index is 7.66. The van der Waals surface area contributed by atoms with E-state index in [1.807, 2.05) is 12.1 Å². The van der Waals surface area contributed by atoms with E-state index in [1.54, 1.807) is 7.11 Å². The van der Waals surface area contributed by atoms with Gasteiger partial charge < -0.3 is 15.4 Å². The average Bonchev–Trinajstić information content (AvgIpc) is 2.47. The normalized spacial score (nSPS) is 19.7. The van der Waals surface area contributed by atoms with E-state index in [4.69, 9.17) is 15.9 Å². The van der Waals surface area contributed by atoms with E-state index in [-0.39, 0.29) is 5.84 Å². The lowest BCUT2D eigenvalue weighted by Crippen LogP contribution is -2.44. The second-order valence-corrected chi connectivity index (χ2v) is 5.94. The Morgan fingerprint density at radius 3 is 2.86 bits per heavy atom. The molecule has 0 saturated carbocycles. The molecule has 1 aliphatic rings. The molecule has 1 atom stereocenters. The first kappa shape index (κ1) is 15.8. The number of rotatable bonds is 5. The van der Waals surface area contributed by atoms with Gasteiger partial charge in [0.15, 0.2) is 0 Å². The van der Waals surface area contributed by atoms with E-state index in [2.05, 4.69) is 30.0 Å². The van der Waals surface area contributed by atoms with Gasteiger partial charge in [-0.15, -0.1) is 0 Å². The fraction of sp³-hybridized carbons (Fsp3) is 0.562. The molecule has 3 N–H and O–H groups in total. The number of nitrogen functional groups attached to an aromatic ring is 1. The number of amidine groups is 1. The predicted molar refractivity (Wildman–Crippen MR) is 86.0 cm³/mol. The largest absolute Gasteiger partial charge is 0.496 e. The Labute approximate surface area is 127 Å². The maximum Gasteiger partial charge on any atom is 0.129 e. The van der Waals surface area contributed by atoms with Crippen LogP contribution in [0.2, 0.25) is 0 Å². The molecule has 0 aliphatic carbocycles. The number of benzene rings is 1. The van der Waals surface area contributed by atoms with Crippen LogP contribution >= 0.6 is 0 Å². The van der Waals surface area contributed by atoms with Crippen LogP contribution in [-0.4, -0.2) is 56.0 Å². The third-order valence-corrected chi connectivity index (χ3v) is 4.17. The lowest BCUT2D eigenvalue weighted by Gasteiger charge is -2.36. The maximum absolute atomic E-state index is 7.66. The Morgan fingerprint density at radius 1 is 1.48 bits per heavy atom. The number of hydrogen-bond donors (Lipinski definition) is 2. The van der Waals surface area contributed by atoms with Gasteiger partial charge in [-0.05, 0) is 51.2 Å². The van der Waals surface area contributed by atoms with E-state index < -0.39 is 0 Å². The number of likely N-dealkylation sites (N-methyl/N-ethyl adjacent to an activating group) is 1. The smallest absolute Gasteiger partial charge is 0.129 e. The quantitative estimate of drug-likeness (QED) is 0.637. The summed E-state index contributed by atoms with van der Waals surface area (Å²) in [6.45, 7) is 3.12. The van der Waals surface area contributed by atoms with Crippen molar-refractivity contribution < 1.29 is 4.74 Å². The van der Waals surface area contributed by atoms with Crippen molar-refractivity contribution >= 4 is 5.84 Å². The van der Waals surface area contributed by atoms with Crippen molar-refractivity contribution in [1.82, 2.24) is 9.80 Å². The van der Waals surface area contributed by atoms with Gasteiger partial charge >= 0.3 is 0 Å². The van der Waals surface area contributed by atoms with Gasteiger partial charge in [0.2, 0.25) is 0 Å². The number of likely N-dealkylation sites (tertiary alicyclic amines) is 1. The number of nitrogens with two attached hydrogens (primary N) is 1. The lowest BCUT2D eigenvalue weighted by molar-refractivity contribution is 0.128. The van der Waals surface area contributed by atoms with E-state index >= 15 is 0 Å². The molecule has 5 heteroatoms. The second kappa shape index (κ2) is 6.91. The highest BCUT2D eigenvalue weighted by atomic mass is 16.5. The van der Waals surface area contributed by atoms with Crippen LogP contribution in [0, 0.1) is 5.41 Å². The van der Waals surface area contributed by atoms with Gasteiger partial charge in [0, 0.05) is 19.1 Å². The Balaban J connectivity index is 2.09. The van der Waals surface area contributed by atoms with Crippen LogP contribution in [0.25, 0.3) is 0 Å². The van der Waals surface area contributed by atoms with Crippen molar-refractivity contribution in [2.24, 2.45) is 5.73 Å². The monoisotopic (exact) mass is 290 g/mol. The van der Waals surface area contributed by atoms with Crippen molar-refractivity contribution in [3.63, 3.8) is 0 Å². The summed E-state index contributed by atoms with van der Waals surface area (Å²) >= 11 is 0. The van der Waals surface area contributed by atoms with Gasteiger partial charge in [0.1, 0.15) is 11.6 Å². The zero-order valence-electron chi connectivity index (χ0n) is 13.2. The van der Waals surface area contributed by atoms with Crippen molar-refractivity contribution in [3.05, 3.63) is 29.3 Å². The Hall–Kier alpha value is -1.59. The Morgan fingerprint density at radius 2 is 2.24 bits per heavy atom. The van der Waals surface area contributed by atoms with Gasteiger partial charge in [-0.25, -0.2) is 0 Å². The highest BCUT2D eigenvalue weighted by Crippen LogP contribution is 2.22. The molecule has 116 valence electrons. The minimum absolute atomic E-state index is 0.0542. The summed E-state index contributed by atoms with van der Waals surface area (Å²) in [5, 5.41) is 7.66. The highest BCUT2D eigenvalue weighted by molar-refractivity contribution is 5.97. The molecule has 0 amide bonds. The summed E-state index contributed by atoms with van der Waals surface area (Å²) in [7, 11) is 5.90. The standard InChI is InChI=1S/C16H26N4O/c1-19(2)13-5-4-8-20(11-13)10-12-6-7-15(21-3)14(9-12)16(17)18/h6-7,9,13H,4-5,8,10-11H2,1-3H3,(H3,17,18). The zero-order chi connectivity index (χ0) is 15.4. The molecular formula is C16H26N4O. The molecule has 21 heavy (non-hydrogen) atoms. The fourth-order valence-electron chi connectivity index (χ4n) is 2.92. The van der Waals surface area contributed by atoms with Crippen LogP contribution in [0.4, 0.5) is 0 Å². The number of methoxy groups -OCH3 is 1. The van der Waals surface area contributed by atoms with Crippen LogP contribution in [-0.2, 0) is 6.54 Å². The number of piperidine rings is 1. The van der Waals surface area contributed by atoms with Crippen LogP contribution in [0.5, 0.6) is 5.75 Å². The van der Waals surface area contributed by atoms with Gasteiger partial charge in [0.05, 0.1) is 12.7 Å². The summed E-state index contributed by atoms with van der Waals surface area (Å²) in [4.78, 5) is 4.78. The molecule has 1 aromatic carbocycles. The fourth-order valence-corrected chi connectivity index (χ4v) is 2.92. The summed E-state index contributed by atoms with van der Waals surface area (Å²) < 4.78 is 5.26. The van der Waals surface area contributed by atoms with E-state index in [1.165, 1.54) is 18.4 Å². The third-order valence-electron chi connectivity index (χ3n) is 4.17. The topological polar surface area (TPSA) is 65.6 Å². The van der Waals surface area contributed by atoms with Crippen molar-refractivity contribution in [2.45, 2.75) is 25.4 Å². The Bertz CT molecular complexity index is 501. The molecule has 0 spiro atoms. The second-order valence-electron chi connectivity index (χ2n) is 5.94. The first-order chi connectivity index (χ1) is 10.0. The van der Waals surface area contributed by atoms with Crippen LogP contribution in [0.3, 0.4) is 0 Å². The van der Waals surface area contributed by atoms with E-state index in [0.29, 0.717) is 17.4 Å². The molecule has 1 aliphatic heterocycles. The van der Waals surface area contributed by atoms with Crippen LogP contribution in [0.1, 0.15) is 24.0 Å². The van der Waals surface area contributed by atoms with Crippen LogP contribution in [0.15, 0.2) is 18.2 Å². The first-order valence-electron chi connectivity index (χ1n) is 7.41. The molecule has 2 rings (SSSR count). The summed E-state index contributed by atoms with van der Waals surface area (Å²) in [6, 6.07) is 6.56. The summed E-state index contributed by atoms with van der Waals surface area (Å²) in [5.41, 5.74) is 7.49. The molecule has 1 aromatic rings. The van der Waals surface area contributed by atoms with Crippen LogP contribution < -0.4 is 10.5 Å². The minimum Gasteiger partial charge on any atom is -0.496 e. The van der Waals surface area contributed by atoms with E-state index in [0.717, 1.165) is 19.6 Å². The molecule has 0 bridgehead atoms. The third kappa shape index (κ3) is 3.95. The number of nitrogens with zero attached hydrogens (tertiary/aromatic N) is 2. The number of hydrogen-bond acceptors (Lipinski definition) is 4. The predicted octanol–water partition coefficient (Wildman–Crippen LogP) is 1.51. The summed E-state index contributed by atoms with van der Waals surface area (Å²) in [5.74, 6) is 0.717. The Kier molecular flexibility index (Phi) is 5.20. The molecule has 1 saturated heterocycles. The number of ether oxygens (including phenoxy) is 1. The molecule has 5 nitrogen and oxygen atoms in total.